The van der Waals surface area contributed by atoms with Crippen LogP contribution in [-0.4, -0.2) is 92.9 Å². The van der Waals surface area contributed by atoms with Crippen LogP contribution in [0.15, 0.2) is 42.5 Å². The highest BCUT2D eigenvalue weighted by atomic mass is 19.4. The number of rotatable bonds is 11. The summed E-state index contributed by atoms with van der Waals surface area (Å²) >= 11 is 0. The minimum atomic E-state index is -4.43. The van der Waals surface area contributed by atoms with Crippen LogP contribution in [0, 0.1) is 11.8 Å². The fourth-order valence-corrected chi connectivity index (χ4v) is 5.24. The average Bonchev–Trinajstić information content (AvgIpc) is 3.34. The Labute approximate surface area is 249 Å². The highest BCUT2D eigenvalue weighted by Gasteiger charge is 2.30. The van der Waals surface area contributed by atoms with E-state index >= 15 is 0 Å². The zero-order valence-electron chi connectivity index (χ0n) is 24.6. The van der Waals surface area contributed by atoms with Crippen molar-refractivity contribution in [3.63, 3.8) is 0 Å². The number of nitrogens with one attached hydrogen (secondary N) is 3. The summed E-state index contributed by atoms with van der Waals surface area (Å²) in [6.07, 6.45) is -2.94. The summed E-state index contributed by atoms with van der Waals surface area (Å²) in [5.74, 6) is 6.04. The number of nitrogens with zero attached hydrogens (tertiary/aromatic N) is 2. The number of aromatic nitrogens is 1. The molecule has 1 aliphatic heterocycles. The van der Waals surface area contributed by atoms with E-state index in [4.69, 9.17) is 9.47 Å². The van der Waals surface area contributed by atoms with Crippen LogP contribution in [-0.2, 0) is 11.3 Å². The standard InChI is InChI=1S/C31H38F3N5O4/c1-35-30(41)21-9-10-27(29(16-21)43-3)36-13-5-6-23-17-25-26(7-4-8-28(25)39(23)20-31(32,33)34)37-22-11-14-38(15-12-22)18-24(19-40)42-2/h4,7-10,16-17,22,24,36-37,40H,11-15,18-20H2,1-3H3,(H,35,41)/t24-/m1/s1. The Morgan fingerprint density at radius 1 is 1.14 bits per heavy atom. The minimum absolute atomic E-state index is 0.0344. The Hall–Kier alpha value is -3.92. The van der Waals surface area contributed by atoms with Gasteiger partial charge in [0.2, 0.25) is 0 Å². The van der Waals surface area contributed by atoms with Gasteiger partial charge in [-0.15, -0.1) is 0 Å². The molecule has 4 N–H and O–H groups in total. The maximum absolute atomic E-state index is 13.6. The SMILES string of the molecule is CNC(=O)c1ccc(NCC#Cc2cc3c(NC4CCN(C[C@H](CO)OC)CC4)cccc3n2CC(F)(F)F)c(OC)c1. The summed E-state index contributed by atoms with van der Waals surface area (Å²) in [4.78, 5) is 14.2. The van der Waals surface area contributed by atoms with Gasteiger partial charge in [0.05, 0.1) is 43.3 Å². The number of aliphatic hydroxyl groups is 1. The van der Waals surface area contributed by atoms with Crippen molar-refractivity contribution < 1.29 is 32.5 Å². The normalized spacial score (nSPS) is 15.0. The number of aliphatic hydroxyl groups excluding tert-OH is 1. The van der Waals surface area contributed by atoms with Gasteiger partial charge in [0, 0.05) is 56.5 Å². The number of carbonyl (C=O) groups is 1. The summed E-state index contributed by atoms with van der Waals surface area (Å²) in [7, 11) is 4.61. The van der Waals surface area contributed by atoms with Crippen LogP contribution in [0.1, 0.15) is 28.9 Å². The van der Waals surface area contributed by atoms with Crippen LogP contribution in [0.2, 0.25) is 0 Å². The minimum Gasteiger partial charge on any atom is -0.495 e. The van der Waals surface area contributed by atoms with Crippen molar-refractivity contribution in [3.8, 4) is 17.6 Å². The molecule has 2 heterocycles. The van der Waals surface area contributed by atoms with E-state index in [1.165, 1.54) is 18.7 Å². The number of anilines is 2. The first-order chi connectivity index (χ1) is 20.6. The summed E-state index contributed by atoms with van der Waals surface area (Å²) in [6, 6.07) is 12.1. The summed E-state index contributed by atoms with van der Waals surface area (Å²) in [5, 5.41) is 19.3. The number of hydrogen-bond donors (Lipinski definition) is 4. The molecular weight excluding hydrogens is 563 g/mol. The van der Waals surface area contributed by atoms with Gasteiger partial charge >= 0.3 is 6.18 Å². The smallest absolute Gasteiger partial charge is 0.406 e. The molecule has 12 heteroatoms. The molecule has 2 aromatic carbocycles. The van der Waals surface area contributed by atoms with Crippen LogP contribution in [0.4, 0.5) is 24.5 Å². The van der Waals surface area contributed by atoms with Gasteiger partial charge in [-0.25, -0.2) is 0 Å². The van der Waals surface area contributed by atoms with E-state index in [1.54, 1.807) is 43.5 Å². The lowest BCUT2D eigenvalue weighted by molar-refractivity contribution is -0.140. The number of likely N-dealkylation sites (tertiary alicyclic amines) is 1. The molecule has 0 saturated carbocycles. The lowest BCUT2D eigenvalue weighted by Gasteiger charge is -2.34. The number of fused-ring (bicyclic) bond motifs is 1. The lowest BCUT2D eigenvalue weighted by atomic mass is 10.0. The second-order valence-electron chi connectivity index (χ2n) is 10.4. The largest absolute Gasteiger partial charge is 0.495 e. The molecule has 9 nitrogen and oxygen atoms in total. The summed E-state index contributed by atoms with van der Waals surface area (Å²) < 4.78 is 52.7. The van der Waals surface area contributed by atoms with Gasteiger partial charge in [-0.1, -0.05) is 12.0 Å². The van der Waals surface area contributed by atoms with Gasteiger partial charge in [-0.2, -0.15) is 13.2 Å². The number of halogens is 3. The Morgan fingerprint density at radius 2 is 1.91 bits per heavy atom. The van der Waals surface area contributed by atoms with Crippen LogP contribution >= 0.6 is 0 Å². The first kappa shape index (κ1) is 32.0. The van der Waals surface area contributed by atoms with Crippen LogP contribution in [0.3, 0.4) is 0 Å². The number of ether oxygens (including phenoxy) is 2. The van der Waals surface area contributed by atoms with Gasteiger partial charge in [0.15, 0.2) is 0 Å². The third kappa shape index (κ3) is 8.34. The number of benzene rings is 2. The first-order valence-corrected chi connectivity index (χ1v) is 14.1. The Kier molecular flexibility index (Phi) is 10.8. The molecule has 232 valence electrons. The van der Waals surface area contributed by atoms with Crippen LogP contribution in [0.25, 0.3) is 10.9 Å². The van der Waals surface area contributed by atoms with E-state index in [9.17, 15) is 23.1 Å². The Bertz CT molecular complexity index is 1450. The van der Waals surface area contributed by atoms with Crippen LogP contribution in [0.5, 0.6) is 5.75 Å². The van der Waals surface area contributed by atoms with Crippen molar-refractivity contribution in [1.82, 2.24) is 14.8 Å². The van der Waals surface area contributed by atoms with E-state index in [0.717, 1.165) is 31.6 Å². The number of piperidine rings is 1. The zero-order chi connectivity index (χ0) is 31.0. The summed E-state index contributed by atoms with van der Waals surface area (Å²) in [6.45, 7) is 1.26. The van der Waals surface area contributed by atoms with E-state index in [1.807, 2.05) is 6.07 Å². The summed E-state index contributed by atoms with van der Waals surface area (Å²) in [5.41, 5.74) is 2.52. The topological polar surface area (TPSA) is 100 Å². The molecular formula is C31H38F3N5O4. The second kappa shape index (κ2) is 14.5. The fourth-order valence-electron chi connectivity index (χ4n) is 5.24. The number of amides is 1. The second-order valence-corrected chi connectivity index (χ2v) is 10.4. The third-order valence-electron chi connectivity index (χ3n) is 7.50. The molecule has 0 radical (unpaired) electrons. The van der Waals surface area contributed by atoms with Gasteiger partial charge < -0.3 is 40.0 Å². The van der Waals surface area contributed by atoms with Gasteiger partial charge in [-0.05, 0) is 55.2 Å². The van der Waals surface area contributed by atoms with Gasteiger partial charge in [-0.3, -0.25) is 4.79 Å². The molecule has 0 aliphatic carbocycles. The highest BCUT2D eigenvalue weighted by Crippen LogP contribution is 2.31. The molecule has 1 fully saturated rings. The quantitative estimate of drug-likeness (QED) is 0.247. The third-order valence-corrected chi connectivity index (χ3v) is 7.50. The molecule has 3 aromatic rings. The molecule has 4 rings (SSSR count). The number of methoxy groups -OCH3 is 2. The number of alkyl halides is 3. The zero-order valence-corrected chi connectivity index (χ0v) is 24.6. The van der Waals surface area contributed by atoms with Gasteiger partial charge in [0.1, 0.15) is 12.3 Å². The maximum Gasteiger partial charge on any atom is 0.406 e. The molecule has 43 heavy (non-hydrogen) atoms. The maximum atomic E-state index is 13.6. The molecule has 0 bridgehead atoms. The number of carbonyl (C=O) groups excluding carboxylic acids is 1. The van der Waals surface area contributed by atoms with Crippen molar-refractivity contribution >= 4 is 28.2 Å². The van der Waals surface area contributed by atoms with E-state index in [0.29, 0.717) is 34.4 Å². The number of hydrogen-bond acceptors (Lipinski definition) is 7. The Morgan fingerprint density at radius 3 is 2.56 bits per heavy atom. The average molecular weight is 602 g/mol. The van der Waals surface area contributed by atoms with Crippen molar-refractivity contribution in [3.05, 3.63) is 53.7 Å². The predicted octanol–water partition coefficient (Wildman–Crippen LogP) is 3.92. The lowest BCUT2D eigenvalue weighted by Crippen LogP contribution is -2.43. The Balaban J connectivity index is 1.51. The van der Waals surface area contributed by atoms with Crippen LogP contribution < -0.4 is 20.7 Å². The first-order valence-electron chi connectivity index (χ1n) is 14.1. The van der Waals surface area contributed by atoms with Crippen molar-refractivity contribution in [2.75, 3.05) is 64.7 Å². The predicted molar refractivity (Wildman–Crippen MR) is 161 cm³/mol. The van der Waals surface area contributed by atoms with Crippen molar-refractivity contribution in [2.45, 2.75) is 37.7 Å². The fraction of sp³-hybridized carbons (Fsp3) is 0.452. The molecule has 0 unspecified atom stereocenters. The van der Waals surface area contributed by atoms with E-state index < -0.39 is 12.7 Å². The molecule has 1 atom stereocenters. The molecule has 1 aliphatic rings. The van der Waals surface area contributed by atoms with Crippen molar-refractivity contribution in [1.29, 1.82) is 0 Å². The van der Waals surface area contributed by atoms with Crippen molar-refractivity contribution in [2.24, 2.45) is 0 Å². The van der Waals surface area contributed by atoms with Gasteiger partial charge in [0.25, 0.3) is 5.91 Å². The molecule has 1 aromatic heterocycles. The molecule has 1 amide bonds. The highest BCUT2D eigenvalue weighted by molar-refractivity contribution is 5.95. The monoisotopic (exact) mass is 601 g/mol. The van der Waals surface area contributed by atoms with E-state index in [-0.39, 0.29) is 36.9 Å². The molecule has 0 spiro atoms. The molecule has 1 saturated heterocycles. The van der Waals surface area contributed by atoms with E-state index in [2.05, 4.69) is 32.7 Å².